The van der Waals surface area contributed by atoms with Gasteiger partial charge in [-0.25, -0.2) is 9.37 Å². The molecule has 18 heavy (non-hydrogen) atoms. The number of aliphatic hydroxyl groups excluding tert-OH is 1. The molecule has 0 saturated heterocycles. The van der Waals surface area contributed by atoms with Crippen molar-refractivity contribution in [2.45, 2.75) is 6.04 Å². The van der Waals surface area contributed by atoms with E-state index in [0.717, 1.165) is 0 Å². The number of nitrogens with two attached hydrogens (primary N) is 1. The van der Waals surface area contributed by atoms with Crippen molar-refractivity contribution in [2.24, 2.45) is 5.73 Å². The van der Waals surface area contributed by atoms with Crippen molar-refractivity contribution < 1.29 is 14.2 Å². The molecule has 4 nitrogen and oxygen atoms in total. The monoisotopic (exact) mass is 268 g/mol. The van der Waals surface area contributed by atoms with Gasteiger partial charge in [0.15, 0.2) is 11.6 Å². The molecule has 1 unspecified atom stereocenters. The number of hydrogen-bond acceptors (Lipinski definition) is 5. The first kappa shape index (κ1) is 12.9. The Kier molecular flexibility index (Phi) is 3.90. The summed E-state index contributed by atoms with van der Waals surface area (Å²) in [4.78, 5) is 4.27. The molecule has 0 fully saturated rings. The fraction of sp³-hybridized carbons (Fsp3) is 0.250. The highest BCUT2D eigenvalue weighted by molar-refractivity contribution is 7.13. The van der Waals surface area contributed by atoms with E-state index in [4.69, 9.17) is 15.6 Å². The second-order valence-electron chi connectivity index (χ2n) is 3.72. The van der Waals surface area contributed by atoms with Gasteiger partial charge in [-0.15, -0.1) is 11.3 Å². The smallest absolute Gasteiger partial charge is 0.165 e. The number of ether oxygens (including phenoxy) is 1. The van der Waals surface area contributed by atoms with Crippen molar-refractivity contribution in [3.8, 4) is 16.3 Å². The second kappa shape index (κ2) is 5.43. The standard InChI is InChI=1S/C12H13FN2O2S/c1-17-11-3-2-7(4-8(11)13)12-15-10(6-18-12)9(14)5-16/h2-4,6,9,16H,5,14H2,1H3. The van der Waals surface area contributed by atoms with E-state index in [1.165, 1.54) is 24.5 Å². The van der Waals surface area contributed by atoms with Gasteiger partial charge in [0.2, 0.25) is 0 Å². The minimum atomic E-state index is -0.502. The molecule has 1 aromatic carbocycles. The van der Waals surface area contributed by atoms with Crippen LogP contribution in [0.3, 0.4) is 0 Å². The van der Waals surface area contributed by atoms with Crippen molar-refractivity contribution in [1.29, 1.82) is 0 Å². The summed E-state index contributed by atoms with van der Waals surface area (Å²) in [6, 6.07) is 4.15. The van der Waals surface area contributed by atoms with Gasteiger partial charge in [-0.3, -0.25) is 0 Å². The lowest BCUT2D eigenvalue weighted by atomic mass is 10.2. The average molecular weight is 268 g/mol. The molecule has 3 N–H and O–H groups in total. The zero-order valence-corrected chi connectivity index (χ0v) is 10.6. The van der Waals surface area contributed by atoms with Crippen LogP contribution in [0.1, 0.15) is 11.7 Å². The largest absolute Gasteiger partial charge is 0.494 e. The fourth-order valence-corrected chi connectivity index (χ4v) is 2.36. The highest BCUT2D eigenvalue weighted by Gasteiger charge is 2.12. The van der Waals surface area contributed by atoms with Gasteiger partial charge in [0, 0.05) is 10.9 Å². The Morgan fingerprint density at radius 3 is 2.94 bits per heavy atom. The lowest BCUT2D eigenvalue weighted by Crippen LogP contribution is -2.14. The van der Waals surface area contributed by atoms with Gasteiger partial charge in [0.1, 0.15) is 5.01 Å². The maximum atomic E-state index is 13.6. The summed E-state index contributed by atoms with van der Waals surface area (Å²) < 4.78 is 18.4. The summed E-state index contributed by atoms with van der Waals surface area (Å²) in [6.07, 6.45) is 0. The summed E-state index contributed by atoms with van der Waals surface area (Å²) in [5, 5.41) is 11.4. The Labute approximate surface area is 108 Å². The van der Waals surface area contributed by atoms with Crippen molar-refractivity contribution in [3.63, 3.8) is 0 Å². The number of methoxy groups -OCH3 is 1. The lowest BCUT2D eigenvalue weighted by Gasteiger charge is -2.04. The molecule has 96 valence electrons. The fourth-order valence-electron chi connectivity index (χ4n) is 1.48. The van der Waals surface area contributed by atoms with Crippen LogP contribution in [0.2, 0.25) is 0 Å². The van der Waals surface area contributed by atoms with Crippen LogP contribution in [0.5, 0.6) is 5.75 Å². The summed E-state index contributed by atoms with van der Waals surface area (Å²) in [5.41, 5.74) is 6.93. The molecule has 0 aliphatic heterocycles. The van der Waals surface area contributed by atoms with Crippen LogP contribution < -0.4 is 10.5 Å². The van der Waals surface area contributed by atoms with Crippen molar-refractivity contribution in [2.75, 3.05) is 13.7 Å². The topological polar surface area (TPSA) is 68.4 Å². The number of halogens is 1. The zero-order chi connectivity index (χ0) is 13.1. The molecule has 1 aromatic heterocycles. The number of aliphatic hydroxyl groups is 1. The Hall–Kier alpha value is -1.50. The lowest BCUT2D eigenvalue weighted by molar-refractivity contribution is 0.266. The molecule has 2 aromatic rings. The van der Waals surface area contributed by atoms with Gasteiger partial charge in [0.05, 0.1) is 25.5 Å². The van der Waals surface area contributed by atoms with E-state index in [-0.39, 0.29) is 12.4 Å². The van der Waals surface area contributed by atoms with Gasteiger partial charge < -0.3 is 15.6 Å². The third-order valence-corrected chi connectivity index (χ3v) is 3.41. The van der Waals surface area contributed by atoms with E-state index in [9.17, 15) is 4.39 Å². The molecule has 1 atom stereocenters. The first-order valence-corrected chi connectivity index (χ1v) is 6.19. The van der Waals surface area contributed by atoms with E-state index in [1.807, 2.05) is 0 Å². The van der Waals surface area contributed by atoms with Gasteiger partial charge in [-0.1, -0.05) is 0 Å². The van der Waals surface area contributed by atoms with Crippen LogP contribution in [0.15, 0.2) is 23.6 Å². The van der Waals surface area contributed by atoms with Gasteiger partial charge in [-0.2, -0.15) is 0 Å². The minimum absolute atomic E-state index is 0.167. The quantitative estimate of drug-likeness (QED) is 0.889. The zero-order valence-electron chi connectivity index (χ0n) is 9.76. The van der Waals surface area contributed by atoms with Gasteiger partial charge in [-0.05, 0) is 18.2 Å². The highest BCUT2D eigenvalue weighted by atomic mass is 32.1. The Balaban J connectivity index is 2.31. The van der Waals surface area contributed by atoms with E-state index in [2.05, 4.69) is 4.98 Å². The predicted octanol–water partition coefficient (Wildman–Crippen LogP) is 1.95. The molecular weight excluding hydrogens is 255 g/mol. The van der Waals surface area contributed by atoms with Crippen molar-refractivity contribution in [3.05, 3.63) is 35.1 Å². The summed E-state index contributed by atoms with van der Waals surface area (Å²) in [5.74, 6) is -0.235. The maximum absolute atomic E-state index is 13.6. The van der Waals surface area contributed by atoms with Crippen LogP contribution in [-0.2, 0) is 0 Å². The molecule has 0 spiro atoms. The van der Waals surface area contributed by atoms with Crippen LogP contribution in [-0.4, -0.2) is 23.8 Å². The molecule has 1 heterocycles. The van der Waals surface area contributed by atoms with E-state index >= 15 is 0 Å². The summed E-state index contributed by atoms with van der Waals surface area (Å²) in [6.45, 7) is -0.167. The van der Waals surface area contributed by atoms with Gasteiger partial charge >= 0.3 is 0 Å². The summed E-state index contributed by atoms with van der Waals surface area (Å²) in [7, 11) is 1.42. The molecular formula is C12H13FN2O2S. The molecule has 2 rings (SSSR count). The number of aromatic nitrogens is 1. The van der Waals surface area contributed by atoms with Crippen LogP contribution in [0.4, 0.5) is 4.39 Å². The average Bonchev–Trinajstić information content (AvgIpc) is 2.87. The second-order valence-corrected chi connectivity index (χ2v) is 4.57. The molecule has 0 amide bonds. The van der Waals surface area contributed by atoms with Crippen molar-refractivity contribution in [1.82, 2.24) is 4.98 Å². The molecule has 6 heteroatoms. The van der Waals surface area contributed by atoms with Gasteiger partial charge in [0.25, 0.3) is 0 Å². The van der Waals surface area contributed by atoms with Crippen molar-refractivity contribution >= 4 is 11.3 Å². The molecule has 0 radical (unpaired) electrons. The number of nitrogens with zero attached hydrogens (tertiary/aromatic N) is 1. The van der Waals surface area contributed by atoms with Crippen LogP contribution in [0.25, 0.3) is 10.6 Å². The SMILES string of the molecule is COc1ccc(-c2nc(C(N)CO)cs2)cc1F. The Morgan fingerprint density at radius 1 is 1.56 bits per heavy atom. The molecule has 0 aliphatic rings. The third-order valence-electron chi connectivity index (χ3n) is 2.50. The van der Waals surface area contributed by atoms with Crippen LogP contribution in [0, 0.1) is 5.82 Å². The van der Waals surface area contributed by atoms with E-state index < -0.39 is 11.9 Å². The first-order chi connectivity index (χ1) is 8.65. The number of benzene rings is 1. The summed E-state index contributed by atoms with van der Waals surface area (Å²) >= 11 is 1.36. The van der Waals surface area contributed by atoms with E-state index in [1.54, 1.807) is 17.5 Å². The molecule has 0 bridgehead atoms. The minimum Gasteiger partial charge on any atom is -0.494 e. The Morgan fingerprint density at radius 2 is 2.33 bits per heavy atom. The first-order valence-electron chi connectivity index (χ1n) is 5.31. The number of rotatable bonds is 4. The Bertz CT molecular complexity index is 545. The maximum Gasteiger partial charge on any atom is 0.165 e. The number of hydrogen-bond donors (Lipinski definition) is 2. The predicted molar refractivity (Wildman–Crippen MR) is 68.1 cm³/mol. The normalized spacial score (nSPS) is 12.4. The number of thiazole rings is 1. The van der Waals surface area contributed by atoms with Crippen LogP contribution >= 0.6 is 11.3 Å². The highest BCUT2D eigenvalue weighted by Crippen LogP contribution is 2.29. The van der Waals surface area contributed by atoms with E-state index in [0.29, 0.717) is 16.3 Å². The third kappa shape index (κ3) is 2.50. The molecule has 0 aliphatic carbocycles. The molecule has 0 saturated carbocycles.